The number of amides is 1. The zero-order valence-corrected chi connectivity index (χ0v) is 16.4. The zero-order chi connectivity index (χ0) is 19.3. The molecule has 146 valence electrons. The van der Waals surface area contributed by atoms with E-state index in [9.17, 15) is 15.0 Å². The van der Waals surface area contributed by atoms with Crippen LogP contribution in [-0.4, -0.2) is 52.1 Å². The Morgan fingerprint density at radius 1 is 1.23 bits per heavy atom. The van der Waals surface area contributed by atoms with Gasteiger partial charge in [-0.25, -0.2) is 4.79 Å². The van der Waals surface area contributed by atoms with Crippen molar-refractivity contribution in [3.63, 3.8) is 0 Å². The van der Waals surface area contributed by atoms with Crippen LogP contribution in [0.4, 0.5) is 4.79 Å². The highest BCUT2D eigenvalue weighted by molar-refractivity contribution is 5.68. The first kappa shape index (κ1) is 20.7. The van der Waals surface area contributed by atoms with E-state index in [1.165, 1.54) is 5.56 Å². The second-order valence-electron chi connectivity index (χ2n) is 8.54. The van der Waals surface area contributed by atoms with Gasteiger partial charge in [0.1, 0.15) is 5.60 Å². The Bertz CT molecular complexity index is 569. The minimum atomic E-state index is -0.963. The van der Waals surface area contributed by atoms with E-state index < -0.39 is 17.8 Å². The van der Waals surface area contributed by atoms with Crippen molar-refractivity contribution in [2.75, 3.05) is 13.2 Å². The van der Waals surface area contributed by atoms with Crippen LogP contribution in [0.25, 0.3) is 0 Å². The summed E-state index contributed by atoms with van der Waals surface area (Å²) in [4.78, 5) is 14.4. The minimum Gasteiger partial charge on any atom is -0.444 e. The van der Waals surface area contributed by atoms with Crippen molar-refractivity contribution in [1.29, 1.82) is 0 Å². The maximum Gasteiger partial charge on any atom is 0.410 e. The quantitative estimate of drug-likeness (QED) is 0.839. The molecule has 0 aromatic heterocycles. The van der Waals surface area contributed by atoms with Gasteiger partial charge in [0.15, 0.2) is 0 Å². The summed E-state index contributed by atoms with van der Waals surface area (Å²) in [5.41, 5.74) is 0.689. The lowest BCUT2D eigenvalue weighted by atomic mass is 9.76. The lowest BCUT2D eigenvalue weighted by Crippen LogP contribution is -2.49. The number of hydrogen-bond acceptors (Lipinski definition) is 4. The van der Waals surface area contributed by atoms with Crippen LogP contribution in [0.1, 0.15) is 58.4 Å². The molecule has 2 rings (SSSR count). The summed E-state index contributed by atoms with van der Waals surface area (Å²) in [6.07, 6.45) is 1.42. The van der Waals surface area contributed by atoms with Gasteiger partial charge in [-0.15, -0.1) is 0 Å². The van der Waals surface area contributed by atoms with Crippen LogP contribution >= 0.6 is 0 Å². The van der Waals surface area contributed by atoms with Crippen LogP contribution in [0.15, 0.2) is 30.3 Å². The Kier molecular flexibility index (Phi) is 7.07. The summed E-state index contributed by atoms with van der Waals surface area (Å²) < 4.78 is 5.57. The number of aliphatic hydroxyl groups is 2. The Morgan fingerprint density at radius 3 is 2.46 bits per heavy atom. The first-order chi connectivity index (χ1) is 12.2. The van der Waals surface area contributed by atoms with Gasteiger partial charge in [-0.2, -0.15) is 0 Å². The predicted octanol–water partition coefficient (Wildman–Crippen LogP) is 3.55. The van der Waals surface area contributed by atoms with Gasteiger partial charge in [0.05, 0.1) is 19.3 Å². The van der Waals surface area contributed by atoms with Crippen molar-refractivity contribution >= 4 is 6.09 Å². The van der Waals surface area contributed by atoms with Crippen molar-refractivity contribution in [2.24, 2.45) is 5.92 Å². The molecule has 2 N–H and O–H groups in total. The first-order valence-electron chi connectivity index (χ1n) is 9.53. The van der Waals surface area contributed by atoms with Gasteiger partial charge in [0, 0.05) is 6.04 Å². The van der Waals surface area contributed by atoms with Crippen LogP contribution in [0.2, 0.25) is 0 Å². The molecule has 1 fully saturated rings. The molecule has 1 amide bonds. The molecule has 1 aromatic rings. The van der Waals surface area contributed by atoms with E-state index in [1.807, 2.05) is 39.0 Å². The molecule has 1 saturated carbocycles. The Morgan fingerprint density at radius 2 is 1.88 bits per heavy atom. The molecule has 1 aliphatic rings. The molecule has 0 radical (unpaired) electrons. The molecule has 0 spiro atoms. The fraction of sp³-hybridized carbons (Fsp3) is 0.667. The predicted molar refractivity (Wildman–Crippen MR) is 102 cm³/mol. The van der Waals surface area contributed by atoms with Crippen molar-refractivity contribution in [2.45, 2.75) is 70.6 Å². The SMILES string of the molecule is CC1CC(c2ccccc2)CC(N(CC(O)CO)C(=O)OC(C)(C)C)C1. The standard InChI is InChI=1S/C21H33NO4/c1-15-10-17(16-8-6-5-7-9-16)12-18(11-15)22(13-19(24)14-23)20(25)26-21(2,3)4/h5-9,15,17-19,23-24H,10-14H2,1-4H3. The number of aliphatic hydroxyl groups excluding tert-OH is 2. The minimum absolute atomic E-state index is 0.0139. The second kappa shape index (κ2) is 8.87. The molecule has 1 aromatic carbocycles. The second-order valence-corrected chi connectivity index (χ2v) is 8.54. The molecule has 1 aliphatic carbocycles. The lowest BCUT2D eigenvalue weighted by Gasteiger charge is -2.41. The third-order valence-electron chi connectivity index (χ3n) is 4.88. The van der Waals surface area contributed by atoms with Gasteiger partial charge in [0.2, 0.25) is 0 Å². The number of nitrogens with zero attached hydrogens (tertiary/aromatic N) is 1. The summed E-state index contributed by atoms with van der Waals surface area (Å²) >= 11 is 0. The molecule has 5 heteroatoms. The summed E-state index contributed by atoms with van der Waals surface area (Å²) in [5.74, 6) is 0.844. The van der Waals surface area contributed by atoms with E-state index in [2.05, 4.69) is 19.1 Å². The summed E-state index contributed by atoms with van der Waals surface area (Å²) in [7, 11) is 0. The number of ether oxygens (including phenoxy) is 1. The Balaban J connectivity index is 2.20. The highest BCUT2D eigenvalue weighted by Gasteiger charge is 2.36. The van der Waals surface area contributed by atoms with Gasteiger partial charge in [-0.05, 0) is 57.4 Å². The molecule has 4 unspecified atom stereocenters. The average molecular weight is 363 g/mol. The topological polar surface area (TPSA) is 70.0 Å². The Labute approximate surface area is 157 Å². The van der Waals surface area contributed by atoms with Crippen molar-refractivity contribution in [1.82, 2.24) is 4.90 Å². The lowest BCUT2D eigenvalue weighted by molar-refractivity contribution is -0.0116. The number of carbonyl (C=O) groups is 1. The molecule has 4 atom stereocenters. The van der Waals surface area contributed by atoms with Crippen molar-refractivity contribution in [3.8, 4) is 0 Å². The van der Waals surface area contributed by atoms with Crippen molar-refractivity contribution < 1.29 is 19.7 Å². The molecule has 5 nitrogen and oxygen atoms in total. The molecule has 26 heavy (non-hydrogen) atoms. The number of rotatable bonds is 5. The molecule has 0 bridgehead atoms. The molecule has 0 saturated heterocycles. The monoisotopic (exact) mass is 363 g/mol. The molecular formula is C21H33NO4. The van der Waals surface area contributed by atoms with Crippen LogP contribution in [0, 0.1) is 5.92 Å². The first-order valence-corrected chi connectivity index (χ1v) is 9.53. The maximum absolute atomic E-state index is 12.8. The third kappa shape index (κ3) is 5.99. The highest BCUT2D eigenvalue weighted by Crippen LogP contribution is 2.38. The zero-order valence-electron chi connectivity index (χ0n) is 16.4. The fourth-order valence-corrected chi connectivity index (χ4v) is 3.80. The molecular weight excluding hydrogens is 330 g/mol. The van der Waals surface area contributed by atoms with E-state index >= 15 is 0 Å². The Hall–Kier alpha value is -1.59. The van der Waals surface area contributed by atoms with E-state index in [0.29, 0.717) is 11.8 Å². The van der Waals surface area contributed by atoms with Gasteiger partial charge in [-0.1, -0.05) is 37.3 Å². The van der Waals surface area contributed by atoms with E-state index in [4.69, 9.17) is 4.74 Å². The van der Waals surface area contributed by atoms with Gasteiger partial charge < -0.3 is 19.8 Å². The highest BCUT2D eigenvalue weighted by atomic mass is 16.6. The summed E-state index contributed by atoms with van der Waals surface area (Å²) in [6.45, 7) is 7.43. The average Bonchev–Trinajstić information content (AvgIpc) is 2.58. The third-order valence-corrected chi connectivity index (χ3v) is 4.88. The normalized spacial score (nSPS) is 24.8. The smallest absolute Gasteiger partial charge is 0.410 e. The number of carbonyl (C=O) groups excluding carboxylic acids is 1. The van der Waals surface area contributed by atoms with Gasteiger partial charge in [-0.3, -0.25) is 0 Å². The van der Waals surface area contributed by atoms with E-state index in [0.717, 1.165) is 19.3 Å². The number of hydrogen-bond donors (Lipinski definition) is 2. The van der Waals surface area contributed by atoms with Gasteiger partial charge in [0.25, 0.3) is 0 Å². The van der Waals surface area contributed by atoms with Gasteiger partial charge >= 0.3 is 6.09 Å². The summed E-state index contributed by atoms with van der Waals surface area (Å²) in [6, 6.07) is 10.4. The largest absolute Gasteiger partial charge is 0.444 e. The molecule has 0 aliphatic heterocycles. The van der Waals surface area contributed by atoms with E-state index in [-0.39, 0.29) is 19.2 Å². The molecule has 0 heterocycles. The van der Waals surface area contributed by atoms with Crippen LogP contribution < -0.4 is 0 Å². The van der Waals surface area contributed by atoms with Crippen LogP contribution in [0.5, 0.6) is 0 Å². The fourth-order valence-electron chi connectivity index (χ4n) is 3.80. The van der Waals surface area contributed by atoms with Crippen LogP contribution in [-0.2, 0) is 4.74 Å². The summed E-state index contributed by atoms with van der Waals surface area (Å²) in [5, 5.41) is 19.2. The van der Waals surface area contributed by atoms with Crippen molar-refractivity contribution in [3.05, 3.63) is 35.9 Å². The van der Waals surface area contributed by atoms with Crippen LogP contribution in [0.3, 0.4) is 0 Å². The number of benzene rings is 1. The maximum atomic E-state index is 12.8. The van der Waals surface area contributed by atoms with E-state index in [1.54, 1.807) is 4.90 Å².